The molecule has 0 aliphatic carbocycles. The van der Waals surface area contributed by atoms with Gasteiger partial charge in [0.2, 0.25) is 0 Å². The summed E-state index contributed by atoms with van der Waals surface area (Å²) in [5.74, 6) is -0.294. The Morgan fingerprint density at radius 1 is 1.56 bits per heavy atom. The van der Waals surface area contributed by atoms with Gasteiger partial charge in [0.15, 0.2) is 5.69 Å². The molecule has 18 heavy (non-hydrogen) atoms. The molecule has 0 bridgehead atoms. The van der Waals surface area contributed by atoms with Crippen molar-refractivity contribution >= 4 is 18.3 Å². The molecule has 0 aromatic carbocycles. The van der Waals surface area contributed by atoms with E-state index in [0.717, 1.165) is 19.3 Å². The second-order valence-electron chi connectivity index (χ2n) is 4.25. The Labute approximate surface area is 112 Å². The van der Waals surface area contributed by atoms with Crippen molar-refractivity contribution in [3.05, 3.63) is 24.0 Å². The largest absolute Gasteiger partial charge is 0.505 e. The number of likely N-dealkylation sites (tertiary alicyclic amines) is 1. The lowest BCUT2D eigenvalue weighted by molar-refractivity contribution is 0.0614. The lowest BCUT2D eigenvalue weighted by Crippen LogP contribution is -2.47. The van der Waals surface area contributed by atoms with E-state index in [2.05, 4.69) is 4.98 Å². The third-order valence-electron chi connectivity index (χ3n) is 3.15. The van der Waals surface area contributed by atoms with Crippen molar-refractivity contribution in [2.75, 3.05) is 13.1 Å². The van der Waals surface area contributed by atoms with Crippen LogP contribution in [0.3, 0.4) is 0 Å². The van der Waals surface area contributed by atoms with E-state index < -0.39 is 0 Å². The fourth-order valence-electron chi connectivity index (χ4n) is 2.21. The number of halogens is 1. The third-order valence-corrected chi connectivity index (χ3v) is 3.15. The molecule has 6 heteroatoms. The van der Waals surface area contributed by atoms with E-state index in [1.54, 1.807) is 11.0 Å². The fourth-order valence-corrected chi connectivity index (χ4v) is 2.21. The summed E-state index contributed by atoms with van der Waals surface area (Å²) >= 11 is 0. The van der Waals surface area contributed by atoms with Gasteiger partial charge in [-0.05, 0) is 31.4 Å². The van der Waals surface area contributed by atoms with Crippen LogP contribution in [0.2, 0.25) is 0 Å². The molecule has 0 radical (unpaired) electrons. The van der Waals surface area contributed by atoms with Gasteiger partial charge in [-0.2, -0.15) is 0 Å². The van der Waals surface area contributed by atoms with Crippen LogP contribution >= 0.6 is 12.4 Å². The molecule has 2 rings (SSSR count). The van der Waals surface area contributed by atoms with Crippen molar-refractivity contribution in [2.45, 2.75) is 25.3 Å². The summed E-state index contributed by atoms with van der Waals surface area (Å²) in [7, 11) is 0. The molecule has 3 N–H and O–H groups in total. The number of hydrogen-bond donors (Lipinski definition) is 2. The Morgan fingerprint density at radius 3 is 3.00 bits per heavy atom. The summed E-state index contributed by atoms with van der Waals surface area (Å²) in [5.41, 5.74) is 5.79. The van der Waals surface area contributed by atoms with Crippen molar-refractivity contribution in [1.29, 1.82) is 0 Å². The molecule has 0 saturated carbocycles. The molecule has 5 nitrogen and oxygen atoms in total. The zero-order chi connectivity index (χ0) is 12.3. The smallest absolute Gasteiger partial charge is 0.276 e. The van der Waals surface area contributed by atoms with Crippen LogP contribution in [0.1, 0.15) is 29.8 Å². The van der Waals surface area contributed by atoms with Gasteiger partial charge < -0.3 is 15.7 Å². The number of rotatable bonds is 2. The number of amides is 1. The van der Waals surface area contributed by atoms with Crippen molar-refractivity contribution in [3.63, 3.8) is 0 Å². The number of piperidine rings is 1. The summed E-state index contributed by atoms with van der Waals surface area (Å²) in [5, 5.41) is 9.63. The van der Waals surface area contributed by atoms with E-state index in [9.17, 15) is 9.90 Å². The predicted molar refractivity (Wildman–Crippen MR) is 70.9 cm³/mol. The van der Waals surface area contributed by atoms with Crippen LogP contribution in [0.5, 0.6) is 5.75 Å². The Balaban J connectivity index is 0.00000162. The van der Waals surface area contributed by atoms with Crippen LogP contribution in [0.25, 0.3) is 0 Å². The molecular formula is C12H18ClN3O2. The van der Waals surface area contributed by atoms with Gasteiger partial charge in [-0.25, -0.2) is 4.98 Å². The van der Waals surface area contributed by atoms with Crippen molar-refractivity contribution in [3.8, 4) is 5.75 Å². The first kappa shape index (κ1) is 14.7. The number of pyridine rings is 1. The number of aromatic hydroxyl groups is 1. The number of carbonyl (C=O) groups excluding carboxylic acids is 1. The van der Waals surface area contributed by atoms with Gasteiger partial charge in [0.1, 0.15) is 5.75 Å². The van der Waals surface area contributed by atoms with Crippen LogP contribution in [-0.4, -0.2) is 40.0 Å². The van der Waals surface area contributed by atoms with Crippen molar-refractivity contribution < 1.29 is 9.90 Å². The van der Waals surface area contributed by atoms with E-state index in [0.29, 0.717) is 13.1 Å². The predicted octanol–water partition coefficient (Wildman–Crippen LogP) is 1.16. The lowest BCUT2D eigenvalue weighted by Gasteiger charge is -2.34. The SMILES string of the molecule is Cl.NCC1CCCCN1C(=O)c1ncccc1O. The van der Waals surface area contributed by atoms with Crippen LogP contribution in [0, 0.1) is 0 Å². The number of aromatic nitrogens is 1. The highest BCUT2D eigenvalue weighted by Crippen LogP contribution is 2.21. The quantitative estimate of drug-likeness (QED) is 0.846. The summed E-state index contributed by atoms with van der Waals surface area (Å²) in [6.07, 6.45) is 4.51. The Kier molecular flexibility index (Phi) is 5.37. The second-order valence-corrected chi connectivity index (χ2v) is 4.25. The van der Waals surface area contributed by atoms with Crippen LogP contribution in [-0.2, 0) is 0 Å². The number of hydrogen-bond acceptors (Lipinski definition) is 4. The highest BCUT2D eigenvalue weighted by molar-refractivity contribution is 5.95. The van der Waals surface area contributed by atoms with Crippen LogP contribution < -0.4 is 5.73 Å². The maximum Gasteiger partial charge on any atom is 0.276 e. The van der Waals surface area contributed by atoms with Crippen LogP contribution in [0.4, 0.5) is 0 Å². The minimum absolute atomic E-state index is 0. The molecule has 1 amide bonds. The fraction of sp³-hybridized carbons (Fsp3) is 0.500. The van der Waals surface area contributed by atoms with E-state index in [4.69, 9.17) is 5.73 Å². The summed E-state index contributed by atoms with van der Waals surface area (Å²) in [4.78, 5) is 17.9. The minimum atomic E-state index is -0.224. The second kappa shape index (κ2) is 6.56. The maximum atomic E-state index is 12.2. The molecule has 1 saturated heterocycles. The number of carbonyl (C=O) groups is 1. The van der Waals surface area contributed by atoms with Gasteiger partial charge in [0, 0.05) is 25.3 Å². The molecule has 1 unspecified atom stereocenters. The molecule has 1 aliphatic heterocycles. The molecule has 0 spiro atoms. The first-order chi connectivity index (χ1) is 8.24. The average Bonchev–Trinajstić information content (AvgIpc) is 2.38. The zero-order valence-electron chi connectivity index (χ0n) is 10.1. The molecule has 100 valence electrons. The van der Waals surface area contributed by atoms with Crippen LogP contribution in [0.15, 0.2) is 18.3 Å². The first-order valence-electron chi connectivity index (χ1n) is 5.89. The summed E-state index contributed by atoms with van der Waals surface area (Å²) < 4.78 is 0. The highest BCUT2D eigenvalue weighted by atomic mass is 35.5. The number of nitrogens with zero attached hydrogens (tertiary/aromatic N) is 2. The van der Waals surface area contributed by atoms with Gasteiger partial charge in [0.05, 0.1) is 0 Å². The number of nitrogens with two attached hydrogens (primary N) is 1. The van der Waals surface area contributed by atoms with Gasteiger partial charge >= 0.3 is 0 Å². The topological polar surface area (TPSA) is 79.5 Å². The molecule has 1 atom stereocenters. The Hall–Kier alpha value is -1.33. The Bertz CT molecular complexity index is 414. The lowest BCUT2D eigenvalue weighted by atomic mass is 10.0. The molecule has 1 aromatic rings. The van der Waals surface area contributed by atoms with Gasteiger partial charge in [-0.3, -0.25) is 4.79 Å². The van der Waals surface area contributed by atoms with Crippen molar-refractivity contribution in [1.82, 2.24) is 9.88 Å². The van der Waals surface area contributed by atoms with Gasteiger partial charge in [-0.15, -0.1) is 12.4 Å². The normalized spacial score (nSPS) is 19.2. The van der Waals surface area contributed by atoms with E-state index in [1.165, 1.54) is 12.3 Å². The highest BCUT2D eigenvalue weighted by Gasteiger charge is 2.28. The van der Waals surface area contributed by atoms with Gasteiger partial charge in [0.25, 0.3) is 5.91 Å². The minimum Gasteiger partial charge on any atom is -0.505 e. The van der Waals surface area contributed by atoms with Gasteiger partial charge in [-0.1, -0.05) is 0 Å². The average molecular weight is 272 g/mol. The van der Waals surface area contributed by atoms with E-state index in [-0.39, 0.29) is 35.8 Å². The summed E-state index contributed by atoms with van der Waals surface area (Å²) in [6.45, 7) is 1.15. The molecular weight excluding hydrogens is 254 g/mol. The molecule has 1 aliphatic rings. The van der Waals surface area contributed by atoms with E-state index in [1.807, 2.05) is 0 Å². The monoisotopic (exact) mass is 271 g/mol. The first-order valence-corrected chi connectivity index (χ1v) is 5.89. The van der Waals surface area contributed by atoms with E-state index >= 15 is 0 Å². The maximum absolute atomic E-state index is 12.2. The third kappa shape index (κ3) is 2.91. The molecule has 1 fully saturated rings. The Morgan fingerprint density at radius 2 is 2.33 bits per heavy atom. The summed E-state index contributed by atoms with van der Waals surface area (Å²) in [6, 6.07) is 3.14. The van der Waals surface area contributed by atoms with Crippen molar-refractivity contribution in [2.24, 2.45) is 5.73 Å². The zero-order valence-corrected chi connectivity index (χ0v) is 10.9. The standard InChI is InChI=1S/C12H17N3O2.ClH/c13-8-9-4-1-2-7-15(9)12(17)11-10(16)5-3-6-14-11;/h3,5-6,9,16H,1-2,4,7-8,13H2;1H. The molecule has 1 aromatic heterocycles. The molecule has 2 heterocycles.